The van der Waals surface area contributed by atoms with Gasteiger partial charge in [0.25, 0.3) is 0 Å². The van der Waals surface area contributed by atoms with Gasteiger partial charge in [0.2, 0.25) is 0 Å². The summed E-state index contributed by atoms with van der Waals surface area (Å²) in [6, 6.07) is 31.7. The van der Waals surface area contributed by atoms with Crippen molar-refractivity contribution in [2.45, 2.75) is 34.2 Å². The van der Waals surface area contributed by atoms with E-state index in [4.69, 9.17) is 17.0 Å². The molecule has 0 fully saturated rings. The van der Waals surface area contributed by atoms with Crippen LogP contribution < -0.4 is 8.97 Å². The molecule has 0 radical (unpaired) electrons. The standard InChI is InChI=1S/2C19H21N.C2H7Si.2ClH.Zr/c2*1-14-12-16-6-5-7-18(19(16)13-14)15-8-10-17(11-9-15)20(2,3)4;1-3-2;;;/h2*5-13H,1-4H3;3H,1-2H3;2*1H;/q2*+1;;;;+2/p-2. The molecule has 2 aliphatic carbocycles. The summed E-state index contributed by atoms with van der Waals surface area (Å²) < 4.78 is 1.76. The second kappa shape index (κ2) is 11.5. The van der Waals surface area contributed by atoms with Gasteiger partial charge in [0.05, 0.1) is 0 Å². The molecule has 4 aromatic carbocycles. The first-order valence-electron chi connectivity index (χ1n) is 16.5. The molecule has 0 spiro atoms. The number of quaternary nitrogens is 2. The van der Waals surface area contributed by atoms with Crippen LogP contribution in [-0.2, 0) is 15.6 Å². The van der Waals surface area contributed by atoms with E-state index in [0.29, 0.717) is 0 Å². The van der Waals surface area contributed by atoms with E-state index in [9.17, 15) is 0 Å². The van der Waals surface area contributed by atoms with Gasteiger partial charge in [0.15, 0.2) is 0 Å². The van der Waals surface area contributed by atoms with Crippen LogP contribution in [-0.4, -0.2) is 48.2 Å². The van der Waals surface area contributed by atoms with Gasteiger partial charge < -0.3 is 0 Å². The fourth-order valence-corrected chi connectivity index (χ4v) is 41.0. The molecule has 239 valence electrons. The predicted molar refractivity (Wildman–Crippen MR) is 206 cm³/mol. The van der Waals surface area contributed by atoms with Crippen LogP contribution in [0.1, 0.15) is 43.4 Å². The third kappa shape index (κ3) is 5.42. The Balaban J connectivity index is 1.47. The molecule has 0 N–H and O–H groups in total. The molecule has 0 saturated carbocycles. The Hall–Kier alpha value is -2.04. The third-order valence-corrected chi connectivity index (χ3v) is 62.9. The first-order chi connectivity index (χ1) is 21.4. The van der Waals surface area contributed by atoms with Crippen molar-refractivity contribution in [2.75, 3.05) is 42.3 Å². The van der Waals surface area contributed by atoms with E-state index in [1.165, 1.54) is 67.0 Å². The summed E-state index contributed by atoms with van der Waals surface area (Å²) in [6.07, 6.45) is 4.80. The predicted octanol–water partition coefficient (Wildman–Crippen LogP) is 11.0. The normalized spacial score (nSPS) is 18.9. The molecule has 0 bridgehead atoms. The fraction of sp³-hybridized carbons (Fsp3) is 0.300. The van der Waals surface area contributed by atoms with E-state index >= 15 is 0 Å². The van der Waals surface area contributed by atoms with Crippen LogP contribution in [0.15, 0.2) is 96.1 Å². The Morgan fingerprint density at radius 2 is 0.891 bits per heavy atom. The zero-order valence-corrected chi connectivity index (χ0v) is 34.2. The van der Waals surface area contributed by atoms with E-state index in [2.05, 4.69) is 166 Å². The number of hydrogen-bond donors (Lipinski definition) is 0. The Morgan fingerprint density at radius 3 is 1.20 bits per heavy atom. The van der Waals surface area contributed by atoms with Gasteiger partial charge >= 0.3 is 288 Å². The Labute approximate surface area is 286 Å². The van der Waals surface area contributed by atoms with Crippen molar-refractivity contribution < 1.29 is 15.6 Å². The van der Waals surface area contributed by atoms with Crippen molar-refractivity contribution in [1.82, 2.24) is 8.97 Å². The quantitative estimate of drug-likeness (QED) is 0.130. The number of hydrogen-bond acceptors (Lipinski definition) is 0. The third-order valence-electron chi connectivity index (χ3n) is 10.7. The molecular weight excluding hydrogens is 699 g/mol. The van der Waals surface area contributed by atoms with Gasteiger partial charge in [0, 0.05) is 0 Å². The molecule has 0 aliphatic heterocycles. The molecule has 4 aromatic rings. The number of rotatable bonds is 7. The van der Waals surface area contributed by atoms with Gasteiger partial charge in [-0.3, -0.25) is 0 Å². The summed E-state index contributed by atoms with van der Waals surface area (Å²) >= 11 is -4.73. The van der Waals surface area contributed by atoms with Gasteiger partial charge in [-0.2, -0.15) is 0 Å². The number of nitrogens with zero attached hydrogens (tertiary/aromatic N) is 2. The van der Waals surface area contributed by atoms with E-state index in [-0.39, 0.29) is 7.25 Å². The molecule has 2 nitrogen and oxygen atoms in total. The van der Waals surface area contributed by atoms with Crippen molar-refractivity contribution in [3.8, 4) is 22.3 Å². The molecule has 0 heterocycles. The molecule has 0 aromatic heterocycles. The van der Waals surface area contributed by atoms with Crippen molar-refractivity contribution in [3.05, 3.63) is 118 Å². The van der Waals surface area contributed by atoms with Crippen molar-refractivity contribution in [1.29, 1.82) is 0 Å². The average molecular weight is 748 g/mol. The van der Waals surface area contributed by atoms with Crippen LogP contribution in [0.4, 0.5) is 11.4 Å². The second-order valence-electron chi connectivity index (χ2n) is 15.8. The van der Waals surface area contributed by atoms with Gasteiger partial charge in [-0.1, -0.05) is 0 Å². The van der Waals surface area contributed by atoms with Gasteiger partial charge in [-0.05, 0) is 0 Å². The molecule has 46 heavy (non-hydrogen) atoms. The first kappa shape index (κ1) is 33.8. The summed E-state index contributed by atoms with van der Waals surface area (Å²) in [5.41, 5.74) is 15.5. The Bertz CT molecular complexity index is 1760. The topological polar surface area (TPSA) is 0 Å². The number of fused-ring (bicyclic) bond motifs is 2. The Morgan fingerprint density at radius 1 is 0.543 bits per heavy atom. The van der Waals surface area contributed by atoms with E-state index in [1.54, 1.807) is 0 Å². The average Bonchev–Trinajstić information content (AvgIpc) is 3.52. The maximum atomic E-state index is 8.48. The van der Waals surface area contributed by atoms with E-state index in [0.717, 1.165) is 8.97 Å². The summed E-state index contributed by atoms with van der Waals surface area (Å²) in [7, 11) is 30.2. The summed E-state index contributed by atoms with van der Waals surface area (Å²) in [5, 5.41) is 0. The fourth-order valence-electron chi connectivity index (χ4n) is 8.08. The molecule has 2 atom stereocenters. The summed E-state index contributed by atoms with van der Waals surface area (Å²) in [5.74, 6) is -1.59. The van der Waals surface area contributed by atoms with E-state index in [1.807, 2.05) is 0 Å². The zero-order valence-electron chi connectivity index (χ0n) is 29.1. The van der Waals surface area contributed by atoms with Crippen LogP contribution in [0.5, 0.6) is 0 Å². The summed E-state index contributed by atoms with van der Waals surface area (Å²) in [4.78, 5) is 0. The van der Waals surface area contributed by atoms with Crippen LogP contribution in [0.25, 0.3) is 34.4 Å². The maximum absolute atomic E-state index is 8.48. The SMILES string of the molecule is CC1=Cc2c(-c3ccc([N+](C)(C)C)cc3)cccc2[CH]1[Zr]([Cl])([Cl])([CH]1C(C)=Cc2c(-c3ccc([N+](C)(C)C)cc3)cccc21)[SiH](C)C. The minimum atomic E-state index is -4.73. The van der Waals surface area contributed by atoms with Crippen LogP contribution >= 0.6 is 17.0 Å². The molecular formula is C40H49Cl2N2SiZr+2. The molecule has 2 aliphatic rings. The van der Waals surface area contributed by atoms with Crippen molar-refractivity contribution in [3.63, 3.8) is 0 Å². The summed E-state index contributed by atoms with van der Waals surface area (Å²) in [6.45, 7) is 9.40. The molecule has 2 unspecified atom stereocenters. The second-order valence-corrected chi connectivity index (χ2v) is 58.3. The molecule has 0 saturated heterocycles. The number of halogens is 2. The molecule has 0 amide bonds. The van der Waals surface area contributed by atoms with Gasteiger partial charge in [-0.15, -0.1) is 0 Å². The molecule has 6 rings (SSSR count). The van der Waals surface area contributed by atoms with Crippen LogP contribution in [0.3, 0.4) is 0 Å². The van der Waals surface area contributed by atoms with E-state index < -0.39 is 21.5 Å². The van der Waals surface area contributed by atoms with Crippen LogP contribution in [0.2, 0.25) is 13.1 Å². The molecule has 6 heteroatoms. The Kier molecular flexibility index (Phi) is 8.49. The number of allylic oxidation sites excluding steroid dienone is 2. The van der Waals surface area contributed by atoms with Gasteiger partial charge in [-0.25, -0.2) is 0 Å². The van der Waals surface area contributed by atoms with Crippen molar-refractivity contribution >= 4 is 46.5 Å². The van der Waals surface area contributed by atoms with Crippen molar-refractivity contribution in [2.24, 2.45) is 0 Å². The first-order valence-corrected chi connectivity index (χ1v) is 32.8. The number of benzene rings is 4. The minimum absolute atomic E-state index is 0.0868. The monoisotopic (exact) mass is 745 g/mol. The van der Waals surface area contributed by atoms with Crippen LogP contribution in [0, 0.1) is 0 Å². The van der Waals surface area contributed by atoms with Gasteiger partial charge in [0.1, 0.15) is 0 Å². The zero-order chi connectivity index (χ0) is 33.4.